The molecule has 1 aliphatic heterocycles. The van der Waals surface area contributed by atoms with E-state index in [2.05, 4.69) is 0 Å². The molecule has 2 amide bonds. The average Bonchev–Trinajstić information content (AvgIpc) is 2.81. The fraction of sp³-hybridized carbons (Fsp3) is 0.467. The first-order chi connectivity index (χ1) is 9.50. The third kappa shape index (κ3) is 2.99. The average molecular weight is 277 g/mol. The van der Waals surface area contributed by atoms with E-state index in [9.17, 15) is 14.7 Å². The maximum atomic E-state index is 12.2. The normalized spacial score (nSPS) is 20.1. The molecule has 0 aliphatic carbocycles. The maximum absolute atomic E-state index is 12.2. The van der Waals surface area contributed by atoms with Crippen LogP contribution in [0.25, 0.3) is 0 Å². The van der Waals surface area contributed by atoms with Crippen LogP contribution in [-0.4, -0.2) is 34.7 Å². The number of imide groups is 1. The third-order valence-electron chi connectivity index (χ3n) is 3.50. The topological polar surface area (TPSA) is 66.8 Å². The second-order valence-corrected chi connectivity index (χ2v) is 5.28. The summed E-state index contributed by atoms with van der Waals surface area (Å²) in [6.45, 7) is 4.09. The Morgan fingerprint density at radius 2 is 2.05 bits per heavy atom. The van der Waals surface area contributed by atoms with Crippen molar-refractivity contribution in [1.29, 1.82) is 0 Å². The van der Waals surface area contributed by atoms with Crippen LogP contribution in [0.3, 0.4) is 0 Å². The van der Waals surface area contributed by atoms with Crippen LogP contribution in [0.1, 0.15) is 31.9 Å². The van der Waals surface area contributed by atoms with Crippen LogP contribution in [-0.2, 0) is 9.53 Å². The number of hydrogen-bond donors (Lipinski definition) is 1. The van der Waals surface area contributed by atoms with E-state index in [-0.39, 0.29) is 25.0 Å². The molecule has 1 aromatic rings. The summed E-state index contributed by atoms with van der Waals surface area (Å²) in [5.41, 5.74) is 0.662. The molecule has 2 atom stereocenters. The predicted octanol–water partition coefficient (Wildman–Crippen LogP) is 2.11. The summed E-state index contributed by atoms with van der Waals surface area (Å²) in [5.74, 6) is -0.276. The number of aliphatic hydroxyl groups is 1. The number of hydrogen-bond acceptors (Lipinski definition) is 4. The zero-order valence-corrected chi connectivity index (χ0v) is 11.7. The lowest BCUT2D eigenvalue weighted by atomic mass is 10.0. The Labute approximate surface area is 118 Å². The number of cyclic esters (lactones) is 1. The van der Waals surface area contributed by atoms with Gasteiger partial charge in [0.1, 0.15) is 6.61 Å². The Bertz CT molecular complexity index is 486. The van der Waals surface area contributed by atoms with Gasteiger partial charge in [0.2, 0.25) is 5.91 Å². The standard InChI is InChI=1S/C15H19NO4/c1-10(2)12-9-20-15(19)16(12)14(18)8-13(17)11-6-4-3-5-7-11/h3-7,10,12-13,17H,8-9H2,1-2H3/t12-,13?/m1/s1. The van der Waals surface area contributed by atoms with Gasteiger partial charge in [-0.15, -0.1) is 0 Å². The summed E-state index contributed by atoms with van der Waals surface area (Å²) in [6.07, 6.45) is -1.65. The van der Waals surface area contributed by atoms with Gasteiger partial charge in [-0.05, 0) is 11.5 Å². The first kappa shape index (κ1) is 14.5. The van der Waals surface area contributed by atoms with Gasteiger partial charge >= 0.3 is 6.09 Å². The van der Waals surface area contributed by atoms with Gasteiger partial charge in [-0.3, -0.25) is 4.79 Å². The van der Waals surface area contributed by atoms with Gasteiger partial charge in [0.05, 0.1) is 18.6 Å². The summed E-state index contributed by atoms with van der Waals surface area (Å²) in [5, 5.41) is 10.1. The molecule has 0 saturated carbocycles. The van der Waals surface area contributed by atoms with Gasteiger partial charge in [0.15, 0.2) is 0 Å². The molecular formula is C15H19NO4. The third-order valence-corrected chi connectivity index (χ3v) is 3.50. The number of amides is 2. The molecule has 1 unspecified atom stereocenters. The Morgan fingerprint density at radius 1 is 1.40 bits per heavy atom. The van der Waals surface area contributed by atoms with E-state index in [1.165, 1.54) is 0 Å². The van der Waals surface area contributed by atoms with Crippen LogP contribution in [0.4, 0.5) is 4.79 Å². The van der Waals surface area contributed by atoms with Crippen LogP contribution in [0, 0.1) is 5.92 Å². The highest BCUT2D eigenvalue weighted by Crippen LogP contribution is 2.24. The first-order valence-corrected chi connectivity index (χ1v) is 6.72. The molecule has 108 valence electrons. The van der Waals surface area contributed by atoms with Crippen molar-refractivity contribution in [3.05, 3.63) is 35.9 Å². The monoisotopic (exact) mass is 277 g/mol. The molecule has 1 fully saturated rings. The molecule has 1 aliphatic rings. The molecule has 5 nitrogen and oxygen atoms in total. The molecule has 1 saturated heterocycles. The summed E-state index contributed by atoms with van der Waals surface area (Å²) >= 11 is 0. The first-order valence-electron chi connectivity index (χ1n) is 6.72. The van der Waals surface area contributed by atoms with Crippen molar-refractivity contribution >= 4 is 12.0 Å². The summed E-state index contributed by atoms with van der Waals surface area (Å²) in [6, 6.07) is 8.68. The van der Waals surface area contributed by atoms with E-state index in [1.807, 2.05) is 19.9 Å². The number of aliphatic hydroxyl groups excluding tert-OH is 1. The fourth-order valence-corrected chi connectivity index (χ4v) is 2.27. The molecule has 0 spiro atoms. The lowest BCUT2D eigenvalue weighted by Gasteiger charge is -2.23. The molecule has 0 bridgehead atoms. The highest BCUT2D eigenvalue weighted by atomic mass is 16.6. The number of benzene rings is 1. The van der Waals surface area contributed by atoms with E-state index in [0.717, 1.165) is 4.90 Å². The number of nitrogens with zero attached hydrogens (tertiary/aromatic N) is 1. The Morgan fingerprint density at radius 3 is 2.65 bits per heavy atom. The van der Waals surface area contributed by atoms with Gasteiger partial charge in [0, 0.05) is 0 Å². The smallest absolute Gasteiger partial charge is 0.416 e. The molecule has 0 aromatic heterocycles. The summed E-state index contributed by atoms with van der Waals surface area (Å²) < 4.78 is 4.93. The molecule has 1 aromatic carbocycles. The Balaban J connectivity index is 2.06. The minimum Gasteiger partial charge on any atom is -0.447 e. The minimum absolute atomic E-state index is 0.123. The van der Waals surface area contributed by atoms with Crippen molar-refractivity contribution in [3.8, 4) is 0 Å². The van der Waals surface area contributed by atoms with Gasteiger partial charge < -0.3 is 9.84 Å². The number of carbonyl (C=O) groups excluding carboxylic acids is 2. The van der Waals surface area contributed by atoms with Gasteiger partial charge in [-0.1, -0.05) is 44.2 Å². The van der Waals surface area contributed by atoms with E-state index in [0.29, 0.717) is 5.56 Å². The highest BCUT2D eigenvalue weighted by Gasteiger charge is 2.39. The van der Waals surface area contributed by atoms with Crippen molar-refractivity contribution in [2.45, 2.75) is 32.4 Å². The van der Waals surface area contributed by atoms with Crippen molar-refractivity contribution in [3.63, 3.8) is 0 Å². The summed E-state index contributed by atoms with van der Waals surface area (Å²) in [4.78, 5) is 25.0. The van der Waals surface area contributed by atoms with E-state index in [1.54, 1.807) is 24.3 Å². The second kappa shape index (κ2) is 6.05. The van der Waals surface area contributed by atoms with Gasteiger partial charge in [-0.25, -0.2) is 9.69 Å². The van der Waals surface area contributed by atoms with Crippen molar-refractivity contribution in [1.82, 2.24) is 4.90 Å². The number of carbonyl (C=O) groups is 2. The fourth-order valence-electron chi connectivity index (χ4n) is 2.27. The van der Waals surface area contributed by atoms with Gasteiger partial charge in [0.25, 0.3) is 0 Å². The Hall–Kier alpha value is -1.88. The largest absolute Gasteiger partial charge is 0.447 e. The quantitative estimate of drug-likeness (QED) is 0.915. The van der Waals surface area contributed by atoms with Crippen LogP contribution in [0.2, 0.25) is 0 Å². The predicted molar refractivity (Wildman–Crippen MR) is 72.8 cm³/mol. The molecule has 2 rings (SSSR count). The number of ether oxygens (including phenoxy) is 1. The SMILES string of the molecule is CC(C)[C@H]1COC(=O)N1C(=O)CC(O)c1ccccc1. The van der Waals surface area contributed by atoms with Crippen LogP contribution >= 0.6 is 0 Å². The molecule has 0 radical (unpaired) electrons. The van der Waals surface area contributed by atoms with E-state index >= 15 is 0 Å². The summed E-state index contributed by atoms with van der Waals surface area (Å²) in [7, 11) is 0. The van der Waals surface area contributed by atoms with E-state index in [4.69, 9.17) is 4.74 Å². The van der Waals surface area contributed by atoms with Crippen LogP contribution in [0.5, 0.6) is 0 Å². The Kier molecular flexibility index (Phi) is 4.39. The minimum atomic E-state index is -0.912. The lowest BCUT2D eigenvalue weighted by molar-refractivity contribution is -0.131. The van der Waals surface area contributed by atoms with Gasteiger partial charge in [-0.2, -0.15) is 0 Å². The zero-order valence-electron chi connectivity index (χ0n) is 11.7. The highest BCUT2D eigenvalue weighted by molar-refractivity contribution is 5.93. The molecule has 1 N–H and O–H groups in total. The van der Waals surface area contributed by atoms with Crippen molar-refractivity contribution in [2.24, 2.45) is 5.92 Å². The van der Waals surface area contributed by atoms with Crippen LogP contribution in [0.15, 0.2) is 30.3 Å². The molecule has 20 heavy (non-hydrogen) atoms. The second-order valence-electron chi connectivity index (χ2n) is 5.28. The maximum Gasteiger partial charge on any atom is 0.416 e. The molecule has 1 heterocycles. The van der Waals surface area contributed by atoms with Crippen LogP contribution < -0.4 is 0 Å². The molecule has 5 heteroatoms. The lowest BCUT2D eigenvalue weighted by Crippen LogP contribution is -2.42. The van der Waals surface area contributed by atoms with Crippen molar-refractivity contribution < 1.29 is 19.4 Å². The van der Waals surface area contributed by atoms with Crippen molar-refractivity contribution in [2.75, 3.05) is 6.61 Å². The molecular weight excluding hydrogens is 258 g/mol. The zero-order chi connectivity index (χ0) is 14.7. The van der Waals surface area contributed by atoms with E-state index < -0.39 is 18.1 Å². The number of rotatable bonds is 4.